The fourth-order valence-corrected chi connectivity index (χ4v) is 2.32. The number of fused-ring (bicyclic) bond motifs is 1. The minimum atomic E-state index is 0.198. The van der Waals surface area contributed by atoms with Crippen molar-refractivity contribution < 1.29 is 9.84 Å². The van der Waals surface area contributed by atoms with Gasteiger partial charge in [-0.25, -0.2) is 0 Å². The molecule has 0 saturated carbocycles. The zero-order valence-electron chi connectivity index (χ0n) is 12.2. The fraction of sp³-hybridized carbons (Fsp3) is 0.0556. The van der Waals surface area contributed by atoms with Gasteiger partial charge in [0.05, 0.1) is 19.0 Å². The highest BCUT2D eigenvalue weighted by atomic mass is 16.5. The molecule has 110 valence electrons. The molecular formula is C18H16N2O2. The van der Waals surface area contributed by atoms with Crippen LogP contribution in [0.3, 0.4) is 0 Å². The molecule has 0 atom stereocenters. The van der Waals surface area contributed by atoms with Gasteiger partial charge in [-0.05, 0) is 29.0 Å². The van der Waals surface area contributed by atoms with Crippen molar-refractivity contribution in [3.8, 4) is 11.5 Å². The molecule has 0 bridgehead atoms. The Morgan fingerprint density at radius 2 is 1.77 bits per heavy atom. The van der Waals surface area contributed by atoms with Crippen LogP contribution < -0.4 is 10.2 Å². The SMILES string of the molecule is COc1ccccc1NN=Cc1c(O)ccc2ccccc12. The zero-order valence-corrected chi connectivity index (χ0v) is 12.2. The lowest BCUT2D eigenvalue weighted by Gasteiger charge is -2.07. The number of nitrogens with one attached hydrogen (secondary N) is 1. The second-order valence-corrected chi connectivity index (χ2v) is 4.79. The molecule has 0 saturated heterocycles. The van der Waals surface area contributed by atoms with Crippen molar-refractivity contribution in [2.75, 3.05) is 12.5 Å². The summed E-state index contributed by atoms with van der Waals surface area (Å²) in [6.07, 6.45) is 1.62. The summed E-state index contributed by atoms with van der Waals surface area (Å²) in [4.78, 5) is 0. The van der Waals surface area contributed by atoms with E-state index in [9.17, 15) is 5.11 Å². The summed E-state index contributed by atoms with van der Waals surface area (Å²) < 4.78 is 5.26. The number of benzene rings is 3. The molecule has 0 aliphatic rings. The van der Waals surface area contributed by atoms with Gasteiger partial charge in [0.2, 0.25) is 0 Å². The van der Waals surface area contributed by atoms with Crippen LogP contribution in [-0.2, 0) is 0 Å². The monoisotopic (exact) mass is 292 g/mol. The Morgan fingerprint density at radius 1 is 1.00 bits per heavy atom. The average Bonchev–Trinajstić information content (AvgIpc) is 2.57. The highest BCUT2D eigenvalue weighted by Gasteiger charge is 2.04. The standard InChI is InChI=1S/C18H16N2O2/c1-22-18-9-5-4-8-16(18)20-19-12-15-14-7-3-2-6-13(14)10-11-17(15)21/h2-12,20-21H,1H3. The number of hydrogen-bond donors (Lipinski definition) is 2. The molecule has 0 amide bonds. The summed E-state index contributed by atoms with van der Waals surface area (Å²) in [5, 5.41) is 16.3. The van der Waals surface area contributed by atoms with Crippen LogP contribution in [-0.4, -0.2) is 18.4 Å². The molecule has 0 aliphatic carbocycles. The van der Waals surface area contributed by atoms with Crippen molar-refractivity contribution in [3.05, 3.63) is 66.2 Å². The smallest absolute Gasteiger partial charge is 0.143 e. The molecule has 3 aromatic carbocycles. The lowest BCUT2D eigenvalue weighted by Crippen LogP contribution is -1.95. The number of phenols is 1. The van der Waals surface area contributed by atoms with Crippen LogP contribution in [0, 0.1) is 0 Å². The van der Waals surface area contributed by atoms with E-state index in [0.717, 1.165) is 16.5 Å². The van der Waals surface area contributed by atoms with Crippen molar-refractivity contribution in [2.45, 2.75) is 0 Å². The van der Waals surface area contributed by atoms with Gasteiger partial charge >= 0.3 is 0 Å². The number of hydrogen-bond acceptors (Lipinski definition) is 4. The summed E-state index contributed by atoms with van der Waals surface area (Å²) in [5.74, 6) is 0.908. The highest BCUT2D eigenvalue weighted by molar-refractivity contribution is 6.02. The normalized spacial score (nSPS) is 11.0. The van der Waals surface area contributed by atoms with Crippen LogP contribution in [0.4, 0.5) is 5.69 Å². The summed E-state index contributed by atoms with van der Waals surface area (Å²) in [7, 11) is 1.61. The molecule has 3 aromatic rings. The Hall–Kier alpha value is -3.01. The van der Waals surface area contributed by atoms with E-state index in [1.165, 1.54) is 0 Å². The lowest BCUT2D eigenvalue weighted by atomic mass is 10.0. The number of anilines is 1. The van der Waals surface area contributed by atoms with Gasteiger partial charge in [0, 0.05) is 5.56 Å². The molecule has 2 N–H and O–H groups in total. The van der Waals surface area contributed by atoms with Gasteiger partial charge in [0.25, 0.3) is 0 Å². The van der Waals surface area contributed by atoms with E-state index in [-0.39, 0.29) is 5.75 Å². The minimum absolute atomic E-state index is 0.198. The molecule has 3 rings (SSSR count). The number of rotatable bonds is 4. The van der Waals surface area contributed by atoms with Crippen LogP contribution in [0.1, 0.15) is 5.56 Å². The van der Waals surface area contributed by atoms with Gasteiger partial charge in [-0.3, -0.25) is 5.43 Å². The molecule has 0 unspecified atom stereocenters. The van der Waals surface area contributed by atoms with Crippen LogP contribution >= 0.6 is 0 Å². The second kappa shape index (κ2) is 6.18. The number of methoxy groups -OCH3 is 1. The van der Waals surface area contributed by atoms with Crippen molar-refractivity contribution in [2.24, 2.45) is 5.10 Å². The summed E-state index contributed by atoms with van der Waals surface area (Å²) >= 11 is 0. The average molecular weight is 292 g/mol. The first-order chi connectivity index (χ1) is 10.8. The molecule has 0 fully saturated rings. The molecule has 0 radical (unpaired) electrons. The first-order valence-electron chi connectivity index (χ1n) is 6.92. The Labute approximate surface area is 128 Å². The molecule has 4 nitrogen and oxygen atoms in total. The maximum absolute atomic E-state index is 10.1. The maximum atomic E-state index is 10.1. The zero-order chi connectivity index (χ0) is 15.4. The van der Waals surface area contributed by atoms with Gasteiger partial charge in [-0.2, -0.15) is 5.10 Å². The maximum Gasteiger partial charge on any atom is 0.143 e. The van der Waals surface area contributed by atoms with Crippen LogP contribution in [0.5, 0.6) is 11.5 Å². The number of hydrazone groups is 1. The quantitative estimate of drug-likeness (QED) is 0.564. The van der Waals surface area contributed by atoms with Gasteiger partial charge in [-0.15, -0.1) is 0 Å². The van der Waals surface area contributed by atoms with E-state index >= 15 is 0 Å². The number of nitrogens with zero attached hydrogens (tertiary/aromatic N) is 1. The molecule has 0 spiro atoms. The molecule has 0 heterocycles. The van der Waals surface area contributed by atoms with E-state index in [2.05, 4.69) is 10.5 Å². The van der Waals surface area contributed by atoms with Crippen molar-refractivity contribution >= 4 is 22.7 Å². The van der Waals surface area contributed by atoms with Gasteiger partial charge in [0.1, 0.15) is 11.5 Å². The van der Waals surface area contributed by atoms with Crippen LogP contribution in [0.2, 0.25) is 0 Å². The number of para-hydroxylation sites is 2. The van der Waals surface area contributed by atoms with Crippen LogP contribution in [0.25, 0.3) is 10.8 Å². The molecule has 22 heavy (non-hydrogen) atoms. The van der Waals surface area contributed by atoms with Gasteiger partial charge in [-0.1, -0.05) is 42.5 Å². The summed E-state index contributed by atoms with van der Waals surface area (Å²) in [6.45, 7) is 0. The van der Waals surface area contributed by atoms with Crippen molar-refractivity contribution in [1.29, 1.82) is 0 Å². The lowest BCUT2D eigenvalue weighted by molar-refractivity contribution is 0.416. The molecule has 0 aromatic heterocycles. The minimum Gasteiger partial charge on any atom is -0.507 e. The fourth-order valence-electron chi connectivity index (χ4n) is 2.32. The second-order valence-electron chi connectivity index (χ2n) is 4.79. The third-order valence-electron chi connectivity index (χ3n) is 3.43. The number of aromatic hydroxyl groups is 1. The van der Waals surface area contributed by atoms with E-state index in [4.69, 9.17) is 4.74 Å². The van der Waals surface area contributed by atoms with Crippen molar-refractivity contribution in [3.63, 3.8) is 0 Å². The number of phenolic OH excluding ortho intramolecular Hbond substituents is 1. The molecule has 0 aliphatic heterocycles. The summed E-state index contributed by atoms with van der Waals surface area (Å²) in [6, 6.07) is 18.9. The molecule has 4 heteroatoms. The van der Waals surface area contributed by atoms with E-state index in [0.29, 0.717) is 11.3 Å². The highest BCUT2D eigenvalue weighted by Crippen LogP contribution is 2.26. The Morgan fingerprint density at radius 3 is 2.64 bits per heavy atom. The Bertz CT molecular complexity index is 828. The predicted molar refractivity (Wildman–Crippen MR) is 89.8 cm³/mol. The van der Waals surface area contributed by atoms with Crippen molar-refractivity contribution in [1.82, 2.24) is 0 Å². The van der Waals surface area contributed by atoms with Gasteiger partial charge in [0.15, 0.2) is 0 Å². The topological polar surface area (TPSA) is 53.8 Å². The third kappa shape index (κ3) is 2.72. The van der Waals surface area contributed by atoms with Gasteiger partial charge < -0.3 is 9.84 Å². The molecular weight excluding hydrogens is 276 g/mol. The first-order valence-corrected chi connectivity index (χ1v) is 6.92. The Kier molecular flexibility index (Phi) is 3.92. The first kappa shape index (κ1) is 13.9. The van der Waals surface area contributed by atoms with Crippen LogP contribution in [0.15, 0.2) is 65.8 Å². The van der Waals surface area contributed by atoms with E-state index in [1.807, 2.05) is 54.6 Å². The largest absolute Gasteiger partial charge is 0.507 e. The van der Waals surface area contributed by atoms with E-state index < -0.39 is 0 Å². The number of ether oxygens (including phenoxy) is 1. The predicted octanol–water partition coefficient (Wildman–Crippen LogP) is 4.00. The summed E-state index contributed by atoms with van der Waals surface area (Å²) in [5.41, 5.74) is 4.38. The third-order valence-corrected chi connectivity index (χ3v) is 3.43. The Balaban J connectivity index is 1.91. The van der Waals surface area contributed by atoms with E-state index in [1.54, 1.807) is 19.4 Å².